The van der Waals surface area contributed by atoms with E-state index in [1.54, 1.807) is 36.4 Å². The Bertz CT molecular complexity index is 973. The van der Waals surface area contributed by atoms with Gasteiger partial charge in [0.05, 0.1) is 28.4 Å². The molecule has 7 nitrogen and oxygen atoms in total. The maximum absolute atomic E-state index is 12.6. The quantitative estimate of drug-likeness (QED) is 0.390. The lowest BCUT2D eigenvalue weighted by molar-refractivity contribution is -0.135. The fraction of sp³-hybridized carbons (Fsp3) is 0.240. The second-order valence-electron chi connectivity index (χ2n) is 6.74. The molecule has 0 radical (unpaired) electrons. The predicted molar refractivity (Wildman–Crippen MR) is 121 cm³/mol. The molecule has 0 bridgehead atoms. The number of benzene rings is 2. The zero-order chi connectivity index (χ0) is 23.7. The van der Waals surface area contributed by atoms with Crippen molar-refractivity contribution in [2.24, 2.45) is 5.92 Å². The molecule has 32 heavy (non-hydrogen) atoms. The lowest BCUT2D eigenvalue weighted by Crippen LogP contribution is -2.27. The number of carbonyl (C=O) groups excluding carboxylic acids is 3. The molecule has 0 amide bonds. The van der Waals surface area contributed by atoms with E-state index in [1.165, 1.54) is 59.7 Å². The molecular weight excluding hydrogens is 412 g/mol. The average Bonchev–Trinajstić information content (AvgIpc) is 2.80. The maximum Gasteiger partial charge on any atom is 0.173 e. The van der Waals surface area contributed by atoms with Crippen LogP contribution in [0.1, 0.15) is 18.1 Å². The molecular formula is C25H26O7. The monoisotopic (exact) mass is 438 g/mol. The largest absolute Gasteiger partial charge is 0.493 e. The Labute approximate surface area is 187 Å². The first kappa shape index (κ1) is 24.4. The van der Waals surface area contributed by atoms with Gasteiger partial charge in [0.15, 0.2) is 34.6 Å². The van der Waals surface area contributed by atoms with Crippen molar-refractivity contribution in [1.82, 2.24) is 0 Å². The molecule has 0 aromatic heterocycles. The number of methoxy groups -OCH3 is 4. The van der Waals surface area contributed by atoms with Crippen molar-refractivity contribution in [1.29, 1.82) is 0 Å². The van der Waals surface area contributed by atoms with Gasteiger partial charge in [-0.15, -0.1) is 0 Å². The van der Waals surface area contributed by atoms with Crippen LogP contribution in [0.2, 0.25) is 0 Å². The second-order valence-corrected chi connectivity index (χ2v) is 6.74. The van der Waals surface area contributed by atoms with Crippen LogP contribution in [-0.4, -0.2) is 45.8 Å². The third-order valence-corrected chi connectivity index (χ3v) is 4.67. The zero-order valence-electron chi connectivity index (χ0n) is 18.7. The molecule has 0 atom stereocenters. The van der Waals surface area contributed by atoms with Gasteiger partial charge in [0.2, 0.25) is 0 Å². The molecule has 0 heterocycles. The van der Waals surface area contributed by atoms with E-state index in [4.69, 9.17) is 18.9 Å². The third kappa shape index (κ3) is 6.07. The Morgan fingerprint density at radius 2 is 1.03 bits per heavy atom. The zero-order valence-corrected chi connectivity index (χ0v) is 18.7. The summed E-state index contributed by atoms with van der Waals surface area (Å²) in [6.45, 7) is 1.22. The van der Waals surface area contributed by atoms with Crippen molar-refractivity contribution in [3.63, 3.8) is 0 Å². The molecule has 0 spiro atoms. The molecule has 0 saturated carbocycles. The Balaban J connectivity index is 2.19. The van der Waals surface area contributed by atoms with Crippen molar-refractivity contribution >= 4 is 29.5 Å². The average molecular weight is 438 g/mol. The van der Waals surface area contributed by atoms with Gasteiger partial charge in [-0.1, -0.05) is 24.3 Å². The summed E-state index contributed by atoms with van der Waals surface area (Å²) in [4.78, 5) is 37.3. The van der Waals surface area contributed by atoms with Gasteiger partial charge in [-0.3, -0.25) is 14.4 Å². The Kier molecular flexibility index (Phi) is 8.77. The maximum atomic E-state index is 12.6. The normalized spacial score (nSPS) is 11.1. The van der Waals surface area contributed by atoms with Crippen LogP contribution in [0.25, 0.3) is 12.2 Å². The van der Waals surface area contributed by atoms with E-state index in [0.29, 0.717) is 34.1 Å². The van der Waals surface area contributed by atoms with E-state index in [1.807, 2.05) is 0 Å². The molecule has 2 aromatic carbocycles. The van der Waals surface area contributed by atoms with Gasteiger partial charge in [0, 0.05) is 0 Å². The van der Waals surface area contributed by atoms with Crippen molar-refractivity contribution in [2.75, 3.05) is 28.4 Å². The molecule has 0 aliphatic heterocycles. The minimum absolute atomic E-state index is 0.499. The van der Waals surface area contributed by atoms with E-state index < -0.39 is 23.3 Å². The number of rotatable bonds is 11. The number of ketones is 3. The van der Waals surface area contributed by atoms with Gasteiger partial charge < -0.3 is 18.9 Å². The fourth-order valence-electron chi connectivity index (χ4n) is 3.00. The summed E-state index contributed by atoms with van der Waals surface area (Å²) in [5.74, 6) is -1.06. The second kappa shape index (κ2) is 11.5. The third-order valence-electron chi connectivity index (χ3n) is 4.67. The summed E-state index contributed by atoms with van der Waals surface area (Å²) in [5, 5.41) is 0. The van der Waals surface area contributed by atoms with Crippen LogP contribution in [0.15, 0.2) is 48.6 Å². The minimum Gasteiger partial charge on any atom is -0.493 e. The molecule has 0 fully saturated rings. The van der Waals surface area contributed by atoms with Crippen molar-refractivity contribution < 1.29 is 33.3 Å². The molecule has 0 N–H and O–H groups in total. The van der Waals surface area contributed by atoms with Crippen molar-refractivity contribution in [2.45, 2.75) is 6.92 Å². The van der Waals surface area contributed by atoms with Crippen LogP contribution in [-0.2, 0) is 14.4 Å². The van der Waals surface area contributed by atoms with Gasteiger partial charge in [-0.05, 0) is 54.5 Å². The lowest BCUT2D eigenvalue weighted by atomic mass is 9.93. The highest BCUT2D eigenvalue weighted by molar-refractivity contribution is 6.25. The van der Waals surface area contributed by atoms with E-state index >= 15 is 0 Å². The van der Waals surface area contributed by atoms with Crippen LogP contribution in [0.3, 0.4) is 0 Å². The van der Waals surface area contributed by atoms with Crippen LogP contribution in [0.4, 0.5) is 0 Å². The highest BCUT2D eigenvalue weighted by Crippen LogP contribution is 2.29. The van der Waals surface area contributed by atoms with Gasteiger partial charge in [-0.25, -0.2) is 0 Å². The van der Waals surface area contributed by atoms with Crippen molar-refractivity contribution in [3.8, 4) is 23.0 Å². The number of allylic oxidation sites excluding steroid dienone is 2. The highest BCUT2D eigenvalue weighted by Gasteiger charge is 2.27. The molecule has 0 aliphatic carbocycles. The topological polar surface area (TPSA) is 88.1 Å². The Morgan fingerprint density at radius 1 is 0.656 bits per heavy atom. The summed E-state index contributed by atoms with van der Waals surface area (Å²) < 4.78 is 20.8. The number of hydrogen-bond acceptors (Lipinski definition) is 7. The molecule has 0 saturated heterocycles. The Morgan fingerprint density at radius 3 is 1.34 bits per heavy atom. The number of hydrogen-bond donors (Lipinski definition) is 0. The molecule has 168 valence electrons. The minimum atomic E-state index is -1.41. The van der Waals surface area contributed by atoms with Gasteiger partial charge in [0.1, 0.15) is 11.7 Å². The van der Waals surface area contributed by atoms with Crippen LogP contribution < -0.4 is 18.9 Å². The molecule has 7 heteroatoms. The predicted octanol–water partition coefficient (Wildman–Crippen LogP) is 3.79. The summed E-state index contributed by atoms with van der Waals surface area (Å²) in [5.41, 5.74) is 1.32. The number of ether oxygens (including phenoxy) is 4. The SMILES string of the molecule is COc1ccc(/C=C/C(=O)C(C(C)=O)C(=O)/C=C/c2ccc(OC)c(OC)c2)cc1OC. The summed E-state index contributed by atoms with van der Waals surface area (Å²) in [6, 6.07) is 10.2. The highest BCUT2D eigenvalue weighted by atomic mass is 16.5. The summed E-state index contributed by atoms with van der Waals surface area (Å²) >= 11 is 0. The summed E-state index contributed by atoms with van der Waals surface area (Å²) in [6.07, 6.45) is 5.47. The molecule has 2 rings (SSSR count). The first-order valence-electron chi connectivity index (χ1n) is 9.73. The van der Waals surface area contributed by atoms with Crippen LogP contribution in [0.5, 0.6) is 23.0 Å². The summed E-state index contributed by atoms with van der Waals surface area (Å²) in [7, 11) is 6.06. The molecule has 0 aliphatic rings. The fourth-order valence-corrected chi connectivity index (χ4v) is 3.00. The van der Waals surface area contributed by atoms with E-state index in [0.717, 1.165) is 0 Å². The van der Waals surface area contributed by atoms with Crippen LogP contribution >= 0.6 is 0 Å². The van der Waals surface area contributed by atoms with E-state index in [-0.39, 0.29) is 0 Å². The Hall–Kier alpha value is -3.87. The first-order chi connectivity index (χ1) is 15.3. The van der Waals surface area contributed by atoms with Gasteiger partial charge in [0.25, 0.3) is 0 Å². The first-order valence-corrected chi connectivity index (χ1v) is 9.73. The van der Waals surface area contributed by atoms with Gasteiger partial charge >= 0.3 is 0 Å². The lowest BCUT2D eigenvalue weighted by Gasteiger charge is -2.09. The smallest absolute Gasteiger partial charge is 0.173 e. The number of carbonyl (C=O) groups is 3. The standard InChI is InChI=1S/C25H26O7/c1-16(26)25(19(27)10-6-17-8-12-21(29-2)23(14-17)31-4)20(28)11-7-18-9-13-22(30-3)24(15-18)32-5/h6-15,25H,1-5H3/b10-6+,11-7+. The van der Waals surface area contributed by atoms with E-state index in [2.05, 4.69) is 0 Å². The van der Waals surface area contributed by atoms with E-state index in [9.17, 15) is 14.4 Å². The van der Waals surface area contributed by atoms with Crippen LogP contribution in [0, 0.1) is 5.92 Å². The molecule has 2 aromatic rings. The molecule has 0 unspecified atom stereocenters. The number of Topliss-reactive ketones (excluding diaryl/α,β-unsaturated/α-hetero) is 1. The van der Waals surface area contributed by atoms with Gasteiger partial charge in [-0.2, -0.15) is 0 Å². The van der Waals surface area contributed by atoms with Crippen molar-refractivity contribution in [3.05, 3.63) is 59.7 Å².